The van der Waals surface area contributed by atoms with Crippen LogP contribution in [0.4, 0.5) is 0 Å². The summed E-state index contributed by atoms with van der Waals surface area (Å²) in [6.07, 6.45) is 4.55. The Morgan fingerprint density at radius 2 is 1.06 bits per heavy atom. The summed E-state index contributed by atoms with van der Waals surface area (Å²) in [6, 6.07) is 0. The van der Waals surface area contributed by atoms with Gasteiger partial charge in [0.1, 0.15) is 0 Å². The minimum atomic E-state index is 0.0168. The van der Waals surface area contributed by atoms with Gasteiger partial charge < -0.3 is 4.74 Å². The molecule has 0 amide bonds. The minimum absolute atomic E-state index is 0.0168. The van der Waals surface area contributed by atoms with Crippen LogP contribution in [0.2, 0.25) is 0 Å². The normalized spacial score (nSPS) is 22.6. The molecule has 0 spiro atoms. The molecule has 0 radical (unpaired) electrons. The van der Waals surface area contributed by atoms with Gasteiger partial charge in [-0.15, -0.1) is 0 Å². The van der Waals surface area contributed by atoms with Crippen molar-refractivity contribution in [1.82, 2.24) is 0 Å². The van der Waals surface area contributed by atoms with Crippen LogP contribution in [0, 0.1) is 11.8 Å². The summed E-state index contributed by atoms with van der Waals surface area (Å²) in [4.78, 5) is 0. The lowest BCUT2D eigenvalue weighted by Gasteiger charge is -2.46. The Labute approximate surface area is 109 Å². The zero-order valence-electron chi connectivity index (χ0n) is 13.4. The number of ether oxygens (including phenoxy) is 1. The molecule has 0 bridgehead atoms. The molecule has 0 saturated carbocycles. The van der Waals surface area contributed by atoms with Gasteiger partial charge in [-0.25, -0.2) is 0 Å². The Bertz CT molecular complexity index is 192. The van der Waals surface area contributed by atoms with Gasteiger partial charge in [-0.3, -0.25) is 0 Å². The van der Waals surface area contributed by atoms with E-state index in [2.05, 4.69) is 55.4 Å². The molecule has 0 saturated heterocycles. The summed E-state index contributed by atoms with van der Waals surface area (Å²) in [5.74, 6) is 1.23. The van der Waals surface area contributed by atoms with E-state index < -0.39 is 0 Å². The van der Waals surface area contributed by atoms with Crippen molar-refractivity contribution in [1.29, 1.82) is 0 Å². The van der Waals surface area contributed by atoms with Crippen molar-refractivity contribution in [3.63, 3.8) is 0 Å². The standard InChI is InChI=1S/C16H34O/c1-9-13(5)15(7,11-3)17-16(8,12-4)14(6)10-2/h13-14H,9-12H2,1-8H3. The van der Waals surface area contributed by atoms with E-state index in [0.29, 0.717) is 11.8 Å². The minimum Gasteiger partial charge on any atom is -0.369 e. The molecule has 104 valence electrons. The lowest BCUT2D eigenvalue weighted by atomic mass is 9.81. The van der Waals surface area contributed by atoms with Gasteiger partial charge in [0.2, 0.25) is 0 Å². The highest BCUT2D eigenvalue weighted by Gasteiger charge is 2.39. The van der Waals surface area contributed by atoms with Gasteiger partial charge in [-0.05, 0) is 38.5 Å². The highest BCUT2D eigenvalue weighted by atomic mass is 16.5. The van der Waals surface area contributed by atoms with Crippen LogP contribution in [0.3, 0.4) is 0 Å². The molecular weight excluding hydrogens is 208 g/mol. The molecule has 0 aliphatic carbocycles. The Kier molecular flexibility index (Phi) is 6.76. The average Bonchev–Trinajstić information content (AvgIpc) is 2.35. The van der Waals surface area contributed by atoms with Crippen molar-refractivity contribution in [2.45, 2.75) is 92.3 Å². The Morgan fingerprint density at radius 1 is 0.765 bits per heavy atom. The van der Waals surface area contributed by atoms with Crippen LogP contribution in [-0.2, 0) is 4.74 Å². The van der Waals surface area contributed by atoms with E-state index >= 15 is 0 Å². The van der Waals surface area contributed by atoms with E-state index in [0.717, 1.165) is 12.8 Å². The SMILES string of the molecule is CCC(C)C(C)(CC)OC(C)(CC)C(C)CC. The van der Waals surface area contributed by atoms with Gasteiger partial charge in [0.05, 0.1) is 11.2 Å². The van der Waals surface area contributed by atoms with Crippen molar-refractivity contribution < 1.29 is 4.74 Å². The topological polar surface area (TPSA) is 9.23 Å². The van der Waals surface area contributed by atoms with Crippen LogP contribution in [0.25, 0.3) is 0 Å². The average molecular weight is 242 g/mol. The molecule has 0 heterocycles. The van der Waals surface area contributed by atoms with Crippen molar-refractivity contribution in [3.05, 3.63) is 0 Å². The summed E-state index contributed by atoms with van der Waals surface area (Å²) < 4.78 is 6.63. The van der Waals surface area contributed by atoms with Crippen LogP contribution in [0.15, 0.2) is 0 Å². The van der Waals surface area contributed by atoms with Crippen molar-refractivity contribution in [2.24, 2.45) is 11.8 Å². The smallest absolute Gasteiger partial charge is 0.0684 e. The zero-order chi connectivity index (χ0) is 13.7. The maximum Gasteiger partial charge on any atom is 0.0684 e. The molecule has 0 aromatic heterocycles. The fourth-order valence-electron chi connectivity index (χ4n) is 2.44. The van der Waals surface area contributed by atoms with E-state index in [-0.39, 0.29) is 11.2 Å². The third kappa shape index (κ3) is 3.98. The Hall–Kier alpha value is -0.0400. The van der Waals surface area contributed by atoms with E-state index in [9.17, 15) is 0 Å². The van der Waals surface area contributed by atoms with Crippen molar-refractivity contribution in [3.8, 4) is 0 Å². The first-order valence-corrected chi connectivity index (χ1v) is 7.49. The first kappa shape index (κ1) is 17.0. The molecular formula is C16H34O. The van der Waals surface area contributed by atoms with Crippen molar-refractivity contribution in [2.75, 3.05) is 0 Å². The van der Waals surface area contributed by atoms with Gasteiger partial charge >= 0.3 is 0 Å². The molecule has 1 heteroatoms. The maximum atomic E-state index is 6.63. The van der Waals surface area contributed by atoms with Gasteiger partial charge in [-0.2, -0.15) is 0 Å². The van der Waals surface area contributed by atoms with Crippen LogP contribution in [0.5, 0.6) is 0 Å². The molecule has 4 atom stereocenters. The van der Waals surface area contributed by atoms with E-state index in [4.69, 9.17) is 4.74 Å². The Morgan fingerprint density at radius 3 is 1.24 bits per heavy atom. The lowest BCUT2D eigenvalue weighted by Crippen LogP contribution is -2.47. The molecule has 0 aliphatic rings. The zero-order valence-corrected chi connectivity index (χ0v) is 13.4. The molecule has 1 nitrogen and oxygen atoms in total. The summed E-state index contributed by atoms with van der Waals surface area (Å²) >= 11 is 0. The fourth-order valence-corrected chi connectivity index (χ4v) is 2.44. The summed E-state index contributed by atoms with van der Waals surface area (Å²) in [5.41, 5.74) is 0.0336. The van der Waals surface area contributed by atoms with Crippen molar-refractivity contribution >= 4 is 0 Å². The van der Waals surface area contributed by atoms with Gasteiger partial charge in [0, 0.05) is 0 Å². The third-order valence-corrected chi connectivity index (χ3v) is 5.18. The van der Waals surface area contributed by atoms with Crippen LogP contribution in [-0.4, -0.2) is 11.2 Å². The summed E-state index contributed by atoms with van der Waals surface area (Å²) in [5, 5.41) is 0. The number of hydrogen-bond acceptors (Lipinski definition) is 1. The first-order valence-electron chi connectivity index (χ1n) is 7.49. The number of hydrogen-bond donors (Lipinski definition) is 0. The first-order chi connectivity index (χ1) is 7.79. The molecule has 0 aliphatic heterocycles. The van der Waals surface area contributed by atoms with Gasteiger partial charge in [0.25, 0.3) is 0 Å². The molecule has 4 unspecified atom stereocenters. The fraction of sp³-hybridized carbons (Fsp3) is 1.00. The maximum absolute atomic E-state index is 6.63. The second kappa shape index (κ2) is 6.78. The quantitative estimate of drug-likeness (QED) is 0.551. The van der Waals surface area contributed by atoms with Gasteiger partial charge in [0.15, 0.2) is 0 Å². The number of rotatable bonds is 8. The molecule has 0 N–H and O–H groups in total. The summed E-state index contributed by atoms with van der Waals surface area (Å²) in [6.45, 7) is 18.2. The molecule has 0 aromatic carbocycles. The lowest BCUT2D eigenvalue weighted by molar-refractivity contribution is -0.188. The largest absolute Gasteiger partial charge is 0.369 e. The second-order valence-electron chi connectivity index (χ2n) is 6.05. The summed E-state index contributed by atoms with van der Waals surface area (Å²) in [7, 11) is 0. The van der Waals surface area contributed by atoms with Crippen LogP contribution in [0.1, 0.15) is 81.1 Å². The third-order valence-electron chi connectivity index (χ3n) is 5.18. The Balaban J connectivity index is 4.96. The molecule has 17 heavy (non-hydrogen) atoms. The monoisotopic (exact) mass is 242 g/mol. The predicted octanol–water partition coefficient (Wildman–Crippen LogP) is 5.43. The molecule has 0 aromatic rings. The van der Waals surface area contributed by atoms with Gasteiger partial charge in [-0.1, -0.05) is 54.4 Å². The van der Waals surface area contributed by atoms with E-state index in [1.165, 1.54) is 12.8 Å². The second-order valence-corrected chi connectivity index (χ2v) is 6.05. The van der Waals surface area contributed by atoms with Crippen LogP contribution >= 0.6 is 0 Å². The van der Waals surface area contributed by atoms with E-state index in [1.807, 2.05) is 0 Å². The highest BCUT2D eigenvalue weighted by molar-refractivity contribution is 4.88. The van der Waals surface area contributed by atoms with Crippen LogP contribution < -0.4 is 0 Å². The highest BCUT2D eigenvalue weighted by Crippen LogP contribution is 2.38. The molecule has 0 rings (SSSR count). The predicted molar refractivity (Wildman–Crippen MR) is 77.4 cm³/mol. The van der Waals surface area contributed by atoms with E-state index in [1.54, 1.807) is 0 Å². The molecule has 0 fully saturated rings.